The van der Waals surface area contributed by atoms with Crippen molar-refractivity contribution in [2.75, 3.05) is 12.4 Å². The molecule has 98 valence electrons. The van der Waals surface area contributed by atoms with Gasteiger partial charge in [-0.15, -0.1) is 0 Å². The van der Waals surface area contributed by atoms with E-state index >= 15 is 0 Å². The third-order valence-electron chi connectivity index (χ3n) is 3.99. The molecule has 1 aliphatic rings. The Labute approximate surface area is 114 Å². The maximum Gasteiger partial charge on any atom is 0.124 e. The van der Waals surface area contributed by atoms with Crippen LogP contribution in [0.4, 0.5) is 5.69 Å². The summed E-state index contributed by atoms with van der Waals surface area (Å²) in [5, 5.41) is 3.61. The number of methoxy groups -OCH3 is 1. The van der Waals surface area contributed by atoms with Gasteiger partial charge in [0.05, 0.1) is 13.2 Å². The van der Waals surface area contributed by atoms with Crippen molar-refractivity contribution in [3.8, 4) is 5.75 Å². The van der Waals surface area contributed by atoms with Crippen molar-refractivity contribution in [2.24, 2.45) is 0 Å². The van der Waals surface area contributed by atoms with Gasteiger partial charge >= 0.3 is 0 Å². The van der Waals surface area contributed by atoms with E-state index in [2.05, 4.69) is 43.4 Å². The molecule has 1 atom stereocenters. The number of fused-ring (bicyclic) bond motifs is 1. The molecule has 19 heavy (non-hydrogen) atoms. The molecule has 2 nitrogen and oxygen atoms in total. The maximum atomic E-state index is 5.46. The molecule has 1 N–H and O–H groups in total. The molecule has 3 rings (SSSR count). The van der Waals surface area contributed by atoms with Gasteiger partial charge in [0.1, 0.15) is 5.75 Å². The van der Waals surface area contributed by atoms with Crippen molar-refractivity contribution < 1.29 is 4.74 Å². The average Bonchev–Trinajstić information content (AvgIpc) is 2.82. The lowest BCUT2D eigenvalue weighted by Gasteiger charge is -2.15. The van der Waals surface area contributed by atoms with Crippen molar-refractivity contribution in [1.29, 1.82) is 0 Å². The lowest BCUT2D eigenvalue weighted by atomic mass is 10.00. The molecule has 0 fully saturated rings. The van der Waals surface area contributed by atoms with E-state index in [1.54, 1.807) is 7.11 Å². The van der Waals surface area contributed by atoms with Gasteiger partial charge in [-0.05, 0) is 49.1 Å². The van der Waals surface area contributed by atoms with Gasteiger partial charge in [0.15, 0.2) is 0 Å². The van der Waals surface area contributed by atoms with Crippen LogP contribution in [0, 0.1) is 13.8 Å². The van der Waals surface area contributed by atoms with Gasteiger partial charge in [0.2, 0.25) is 0 Å². The molecular weight excluding hydrogens is 234 g/mol. The molecule has 2 aromatic carbocycles. The summed E-state index contributed by atoms with van der Waals surface area (Å²) in [5.41, 5.74) is 6.60. The minimum atomic E-state index is 0.312. The summed E-state index contributed by atoms with van der Waals surface area (Å²) in [6.07, 6.45) is 1.02. The molecule has 2 aromatic rings. The monoisotopic (exact) mass is 253 g/mol. The maximum absolute atomic E-state index is 5.46. The summed E-state index contributed by atoms with van der Waals surface area (Å²) in [6, 6.07) is 13.1. The number of nitrogens with one attached hydrogen (secondary N) is 1. The normalized spacial score (nSPS) is 16.9. The van der Waals surface area contributed by atoms with Crippen molar-refractivity contribution in [3.05, 3.63) is 58.7 Å². The van der Waals surface area contributed by atoms with Crippen LogP contribution in [0.2, 0.25) is 0 Å². The van der Waals surface area contributed by atoms with E-state index in [1.807, 2.05) is 12.1 Å². The highest BCUT2D eigenvalue weighted by Crippen LogP contribution is 2.38. The highest BCUT2D eigenvalue weighted by molar-refractivity contribution is 5.62. The van der Waals surface area contributed by atoms with Crippen LogP contribution in [0.1, 0.15) is 28.3 Å². The Morgan fingerprint density at radius 3 is 2.63 bits per heavy atom. The summed E-state index contributed by atoms with van der Waals surface area (Å²) in [4.78, 5) is 0. The lowest BCUT2D eigenvalue weighted by Crippen LogP contribution is -2.07. The number of hydrogen-bond donors (Lipinski definition) is 1. The fourth-order valence-electron chi connectivity index (χ4n) is 2.78. The summed E-state index contributed by atoms with van der Waals surface area (Å²) in [5.74, 6) is 0.959. The fraction of sp³-hybridized carbons (Fsp3) is 0.294. The van der Waals surface area contributed by atoms with Crippen molar-refractivity contribution in [2.45, 2.75) is 26.3 Å². The van der Waals surface area contributed by atoms with Gasteiger partial charge in [0.25, 0.3) is 0 Å². The van der Waals surface area contributed by atoms with Crippen LogP contribution in [0.3, 0.4) is 0 Å². The Bertz CT molecular complexity index is 588. The van der Waals surface area contributed by atoms with E-state index in [-0.39, 0.29) is 0 Å². The van der Waals surface area contributed by atoms with E-state index in [1.165, 1.54) is 27.9 Å². The number of para-hydroxylation sites is 1. The molecule has 1 heterocycles. The standard InChI is InChI=1S/C17H19NO/c1-11-8-13-10-16(18-15(13)9-12(11)2)14-6-4-5-7-17(14)19-3/h4-9,16,18H,10H2,1-3H3. The molecule has 2 heteroatoms. The average molecular weight is 253 g/mol. The Balaban J connectivity index is 1.95. The van der Waals surface area contributed by atoms with Gasteiger partial charge in [-0.1, -0.05) is 24.3 Å². The molecule has 0 saturated heterocycles. The molecular formula is C17H19NO. The smallest absolute Gasteiger partial charge is 0.124 e. The van der Waals surface area contributed by atoms with Crippen LogP contribution in [0.5, 0.6) is 5.75 Å². The summed E-state index contributed by atoms with van der Waals surface area (Å²) in [7, 11) is 1.73. The Hall–Kier alpha value is -1.96. The molecule has 0 aliphatic carbocycles. The third kappa shape index (κ3) is 2.07. The van der Waals surface area contributed by atoms with E-state index in [9.17, 15) is 0 Å². The highest BCUT2D eigenvalue weighted by atomic mass is 16.5. The van der Waals surface area contributed by atoms with E-state index in [0.717, 1.165) is 12.2 Å². The van der Waals surface area contributed by atoms with Crippen LogP contribution < -0.4 is 10.1 Å². The molecule has 0 amide bonds. The van der Waals surface area contributed by atoms with Crippen LogP contribution >= 0.6 is 0 Å². The highest BCUT2D eigenvalue weighted by Gasteiger charge is 2.24. The van der Waals surface area contributed by atoms with Crippen LogP contribution in [0.25, 0.3) is 0 Å². The zero-order valence-electron chi connectivity index (χ0n) is 11.7. The van der Waals surface area contributed by atoms with Gasteiger partial charge in [0, 0.05) is 11.3 Å². The largest absolute Gasteiger partial charge is 0.496 e. The molecule has 0 bridgehead atoms. The van der Waals surface area contributed by atoms with E-state index < -0.39 is 0 Å². The van der Waals surface area contributed by atoms with Crippen LogP contribution in [0.15, 0.2) is 36.4 Å². The topological polar surface area (TPSA) is 21.3 Å². The second-order valence-electron chi connectivity index (χ2n) is 5.24. The fourth-order valence-corrected chi connectivity index (χ4v) is 2.78. The Kier molecular flexibility index (Phi) is 2.94. The minimum Gasteiger partial charge on any atom is -0.496 e. The SMILES string of the molecule is COc1ccccc1C1Cc2cc(C)c(C)cc2N1. The molecule has 0 aromatic heterocycles. The Morgan fingerprint density at radius 1 is 1.11 bits per heavy atom. The van der Waals surface area contributed by atoms with E-state index in [0.29, 0.717) is 6.04 Å². The molecule has 0 radical (unpaired) electrons. The lowest BCUT2D eigenvalue weighted by molar-refractivity contribution is 0.407. The number of anilines is 1. The summed E-state index contributed by atoms with van der Waals surface area (Å²) in [6.45, 7) is 4.33. The van der Waals surface area contributed by atoms with Crippen LogP contribution in [-0.2, 0) is 6.42 Å². The minimum absolute atomic E-state index is 0.312. The van der Waals surface area contributed by atoms with Gasteiger partial charge < -0.3 is 10.1 Å². The predicted molar refractivity (Wildman–Crippen MR) is 79.0 cm³/mol. The van der Waals surface area contributed by atoms with Gasteiger partial charge in [-0.2, -0.15) is 0 Å². The van der Waals surface area contributed by atoms with Crippen molar-refractivity contribution in [1.82, 2.24) is 0 Å². The number of hydrogen-bond acceptors (Lipinski definition) is 2. The van der Waals surface area contributed by atoms with Gasteiger partial charge in [-0.25, -0.2) is 0 Å². The zero-order valence-corrected chi connectivity index (χ0v) is 11.7. The number of ether oxygens (including phenoxy) is 1. The molecule has 0 saturated carbocycles. The first kappa shape index (κ1) is 12.1. The number of benzene rings is 2. The summed E-state index contributed by atoms with van der Waals surface area (Å²) < 4.78 is 5.46. The first-order valence-electron chi connectivity index (χ1n) is 6.68. The first-order valence-corrected chi connectivity index (χ1v) is 6.68. The second-order valence-corrected chi connectivity index (χ2v) is 5.24. The van der Waals surface area contributed by atoms with Gasteiger partial charge in [-0.3, -0.25) is 0 Å². The zero-order chi connectivity index (χ0) is 13.4. The molecule has 0 spiro atoms. The first-order chi connectivity index (χ1) is 9.19. The Morgan fingerprint density at radius 2 is 1.84 bits per heavy atom. The molecule has 1 aliphatic heterocycles. The third-order valence-corrected chi connectivity index (χ3v) is 3.99. The number of aryl methyl sites for hydroxylation is 2. The summed E-state index contributed by atoms with van der Waals surface area (Å²) >= 11 is 0. The van der Waals surface area contributed by atoms with E-state index in [4.69, 9.17) is 4.74 Å². The predicted octanol–water partition coefficient (Wildman–Crippen LogP) is 4.02. The quantitative estimate of drug-likeness (QED) is 0.872. The molecule has 1 unspecified atom stereocenters. The van der Waals surface area contributed by atoms with Crippen LogP contribution in [-0.4, -0.2) is 7.11 Å². The van der Waals surface area contributed by atoms with Crippen molar-refractivity contribution >= 4 is 5.69 Å². The van der Waals surface area contributed by atoms with Crippen molar-refractivity contribution in [3.63, 3.8) is 0 Å². The number of rotatable bonds is 2. The second kappa shape index (κ2) is 4.61.